The molecule has 10 heavy (non-hydrogen) atoms. The van der Waals surface area contributed by atoms with E-state index in [4.69, 9.17) is 15.0 Å². The van der Waals surface area contributed by atoms with Crippen LogP contribution in [0.5, 0.6) is 0 Å². The standard InChI is InChI=1S/C3H6O2S.C2H4O2/c4-3(5)1-2-6;1-2(3)4/h6H,1-2H2,(H,4,5);1H3,(H,3,4). The van der Waals surface area contributed by atoms with Gasteiger partial charge in [0.2, 0.25) is 0 Å². The van der Waals surface area contributed by atoms with Crippen LogP contribution in [0, 0.1) is 0 Å². The van der Waals surface area contributed by atoms with Crippen molar-refractivity contribution in [3.05, 3.63) is 0 Å². The lowest BCUT2D eigenvalue weighted by Gasteiger charge is -1.79. The summed E-state index contributed by atoms with van der Waals surface area (Å²) in [6.45, 7) is 1.08. The van der Waals surface area contributed by atoms with Crippen molar-refractivity contribution in [3.8, 4) is 0 Å². The average molecular weight is 166 g/mol. The van der Waals surface area contributed by atoms with Crippen LogP contribution in [0.15, 0.2) is 0 Å². The van der Waals surface area contributed by atoms with Gasteiger partial charge < -0.3 is 10.2 Å². The molecule has 0 aliphatic heterocycles. The highest BCUT2D eigenvalue weighted by Gasteiger charge is 1.88. The first kappa shape index (κ1) is 12.0. The third-order valence-corrected chi connectivity index (χ3v) is 0.549. The fraction of sp³-hybridized carbons (Fsp3) is 0.600. The van der Waals surface area contributed by atoms with Gasteiger partial charge in [-0.3, -0.25) is 9.59 Å². The molecule has 0 radical (unpaired) electrons. The van der Waals surface area contributed by atoms with Crippen LogP contribution >= 0.6 is 12.6 Å². The Labute approximate surface area is 64.3 Å². The summed E-state index contributed by atoms with van der Waals surface area (Å²) in [4.78, 5) is 18.6. The van der Waals surface area contributed by atoms with E-state index in [-0.39, 0.29) is 6.42 Å². The lowest BCUT2D eigenvalue weighted by atomic mass is 10.5. The van der Waals surface area contributed by atoms with Crippen molar-refractivity contribution in [2.75, 3.05) is 5.75 Å². The van der Waals surface area contributed by atoms with Gasteiger partial charge in [0.15, 0.2) is 0 Å². The highest BCUT2D eigenvalue weighted by molar-refractivity contribution is 7.80. The number of hydrogen-bond acceptors (Lipinski definition) is 3. The van der Waals surface area contributed by atoms with Gasteiger partial charge in [0, 0.05) is 12.7 Å². The molecule has 0 spiro atoms. The lowest BCUT2D eigenvalue weighted by molar-refractivity contribution is -0.136. The molecule has 2 N–H and O–H groups in total. The van der Waals surface area contributed by atoms with Crippen LogP contribution in [-0.4, -0.2) is 27.9 Å². The molecule has 60 valence electrons. The SMILES string of the molecule is CC(=O)O.O=C(O)CCS. The molecule has 0 aromatic rings. The smallest absolute Gasteiger partial charge is 0.304 e. The molecule has 0 saturated heterocycles. The second-order valence-electron chi connectivity index (χ2n) is 1.39. The summed E-state index contributed by atoms with van der Waals surface area (Å²) in [6, 6.07) is 0. The van der Waals surface area contributed by atoms with E-state index in [0.717, 1.165) is 6.92 Å². The van der Waals surface area contributed by atoms with Crippen molar-refractivity contribution in [1.82, 2.24) is 0 Å². The summed E-state index contributed by atoms with van der Waals surface area (Å²) in [7, 11) is 0. The molecule has 0 rings (SSSR count). The first-order valence-corrected chi connectivity index (χ1v) is 3.16. The van der Waals surface area contributed by atoms with Crippen molar-refractivity contribution in [2.45, 2.75) is 13.3 Å². The minimum atomic E-state index is -0.833. The van der Waals surface area contributed by atoms with Crippen LogP contribution in [-0.2, 0) is 9.59 Å². The quantitative estimate of drug-likeness (QED) is 0.522. The first-order chi connectivity index (χ1) is 4.50. The molecule has 0 atom stereocenters. The van der Waals surface area contributed by atoms with Gasteiger partial charge in [0.25, 0.3) is 5.97 Å². The van der Waals surface area contributed by atoms with E-state index in [1.54, 1.807) is 0 Å². The van der Waals surface area contributed by atoms with E-state index >= 15 is 0 Å². The molecule has 0 aliphatic rings. The zero-order chi connectivity index (χ0) is 8.57. The van der Waals surface area contributed by atoms with Gasteiger partial charge in [0.1, 0.15) is 0 Å². The minimum absolute atomic E-state index is 0.156. The summed E-state index contributed by atoms with van der Waals surface area (Å²) in [6.07, 6.45) is 0.156. The highest BCUT2D eigenvalue weighted by Crippen LogP contribution is 1.79. The number of carboxylic acid groups (broad SMARTS) is 2. The Morgan fingerprint density at radius 2 is 1.70 bits per heavy atom. The maximum Gasteiger partial charge on any atom is 0.304 e. The first-order valence-electron chi connectivity index (χ1n) is 2.53. The van der Waals surface area contributed by atoms with Gasteiger partial charge in [-0.25, -0.2) is 0 Å². The number of carboxylic acids is 2. The Kier molecular flexibility index (Phi) is 9.96. The molecule has 4 nitrogen and oxygen atoms in total. The fourth-order valence-electron chi connectivity index (χ4n) is 0.0956. The van der Waals surface area contributed by atoms with Crippen LogP contribution in [0.2, 0.25) is 0 Å². The van der Waals surface area contributed by atoms with Gasteiger partial charge in [-0.15, -0.1) is 0 Å². The molecule has 0 fully saturated rings. The number of aliphatic carboxylic acids is 2. The van der Waals surface area contributed by atoms with E-state index in [9.17, 15) is 4.79 Å². The van der Waals surface area contributed by atoms with E-state index < -0.39 is 11.9 Å². The lowest BCUT2D eigenvalue weighted by Crippen LogP contribution is -1.93. The van der Waals surface area contributed by atoms with Crippen LogP contribution in [0.4, 0.5) is 0 Å². The van der Waals surface area contributed by atoms with Crippen molar-refractivity contribution < 1.29 is 19.8 Å². The Hall–Kier alpha value is -0.710. The largest absolute Gasteiger partial charge is 0.481 e. The Bertz CT molecular complexity index is 108. The molecule has 0 heterocycles. The Balaban J connectivity index is 0. The molecule has 0 saturated carbocycles. The van der Waals surface area contributed by atoms with Gasteiger partial charge in [-0.2, -0.15) is 12.6 Å². The Morgan fingerprint density at radius 1 is 1.40 bits per heavy atom. The van der Waals surface area contributed by atoms with Gasteiger partial charge in [-0.1, -0.05) is 0 Å². The monoisotopic (exact) mass is 166 g/mol. The molecular weight excluding hydrogens is 156 g/mol. The molecule has 0 unspecified atom stereocenters. The molecule has 0 bridgehead atoms. The number of hydrogen-bond donors (Lipinski definition) is 3. The minimum Gasteiger partial charge on any atom is -0.481 e. The van der Waals surface area contributed by atoms with Crippen LogP contribution < -0.4 is 0 Å². The normalized spacial score (nSPS) is 7.40. The van der Waals surface area contributed by atoms with Crippen molar-refractivity contribution in [1.29, 1.82) is 0 Å². The average Bonchev–Trinajstić information content (AvgIpc) is 1.62. The zero-order valence-electron chi connectivity index (χ0n) is 5.57. The summed E-state index contributed by atoms with van der Waals surface area (Å²) < 4.78 is 0. The number of thiol groups is 1. The van der Waals surface area contributed by atoms with E-state index in [0.29, 0.717) is 5.75 Å². The topological polar surface area (TPSA) is 74.6 Å². The van der Waals surface area contributed by atoms with E-state index in [2.05, 4.69) is 12.6 Å². The molecule has 0 amide bonds. The van der Waals surface area contributed by atoms with Crippen LogP contribution in [0.1, 0.15) is 13.3 Å². The predicted octanol–water partition coefficient (Wildman–Crippen LogP) is 0.482. The van der Waals surface area contributed by atoms with E-state index in [1.807, 2.05) is 0 Å². The fourth-order valence-corrected chi connectivity index (χ4v) is 0.287. The maximum absolute atomic E-state index is 9.55. The number of rotatable bonds is 2. The van der Waals surface area contributed by atoms with Gasteiger partial charge in [0.05, 0.1) is 6.42 Å². The molecule has 0 aromatic carbocycles. The van der Waals surface area contributed by atoms with Crippen LogP contribution in [0.3, 0.4) is 0 Å². The number of carbonyl (C=O) groups is 2. The summed E-state index contributed by atoms with van der Waals surface area (Å²) >= 11 is 3.68. The summed E-state index contributed by atoms with van der Waals surface area (Å²) in [5.74, 6) is -1.19. The van der Waals surface area contributed by atoms with E-state index in [1.165, 1.54) is 0 Å². The zero-order valence-corrected chi connectivity index (χ0v) is 6.47. The summed E-state index contributed by atoms with van der Waals surface area (Å²) in [5.41, 5.74) is 0. The van der Waals surface area contributed by atoms with Crippen molar-refractivity contribution in [2.24, 2.45) is 0 Å². The second kappa shape index (κ2) is 8.29. The Morgan fingerprint density at radius 3 is 1.70 bits per heavy atom. The summed E-state index contributed by atoms with van der Waals surface area (Å²) in [5, 5.41) is 15.3. The predicted molar refractivity (Wildman–Crippen MR) is 39.4 cm³/mol. The third kappa shape index (κ3) is 55.0. The van der Waals surface area contributed by atoms with Crippen LogP contribution in [0.25, 0.3) is 0 Å². The van der Waals surface area contributed by atoms with Crippen molar-refractivity contribution in [3.63, 3.8) is 0 Å². The highest BCUT2D eigenvalue weighted by atomic mass is 32.1. The second-order valence-corrected chi connectivity index (χ2v) is 1.83. The maximum atomic E-state index is 9.55. The van der Waals surface area contributed by atoms with Gasteiger partial charge in [-0.05, 0) is 0 Å². The molecule has 0 aromatic heterocycles. The molecule has 5 heteroatoms. The molecule has 0 aliphatic carbocycles. The van der Waals surface area contributed by atoms with Crippen molar-refractivity contribution >= 4 is 24.6 Å². The molecular formula is C5H10O4S. The van der Waals surface area contributed by atoms with Gasteiger partial charge >= 0.3 is 5.97 Å². The third-order valence-electron chi connectivity index (χ3n) is 0.326.